The summed E-state index contributed by atoms with van der Waals surface area (Å²) in [6.45, 7) is 0.891. The number of rotatable bonds is 3. The molecule has 2 N–H and O–H groups in total. The van der Waals surface area contributed by atoms with Gasteiger partial charge in [0.05, 0.1) is 17.6 Å². The maximum atomic E-state index is 13.0. The van der Waals surface area contributed by atoms with E-state index in [2.05, 4.69) is 5.32 Å². The van der Waals surface area contributed by atoms with Crippen molar-refractivity contribution in [1.29, 1.82) is 0 Å². The second-order valence-corrected chi connectivity index (χ2v) is 8.67. The summed E-state index contributed by atoms with van der Waals surface area (Å²) in [5.41, 5.74) is -0.975. The Morgan fingerprint density at radius 1 is 1.16 bits per heavy atom. The van der Waals surface area contributed by atoms with Crippen molar-refractivity contribution in [3.05, 3.63) is 24.3 Å². The van der Waals surface area contributed by atoms with Gasteiger partial charge in [0, 0.05) is 0 Å². The van der Waals surface area contributed by atoms with Gasteiger partial charge in [0.1, 0.15) is 12.7 Å². The maximum Gasteiger partial charge on any atom is 0.226 e. The third-order valence-corrected chi connectivity index (χ3v) is 6.57. The Labute approximate surface area is 147 Å². The Morgan fingerprint density at radius 3 is 2.60 bits per heavy atom. The number of benzene rings is 1. The Morgan fingerprint density at radius 2 is 1.88 bits per heavy atom. The van der Waals surface area contributed by atoms with Gasteiger partial charge in [-0.2, -0.15) is 0 Å². The van der Waals surface area contributed by atoms with Crippen LogP contribution in [0.3, 0.4) is 0 Å². The highest BCUT2D eigenvalue weighted by Crippen LogP contribution is 2.61. The molecule has 5 heteroatoms. The second-order valence-electron chi connectivity index (χ2n) is 8.67. The molecule has 3 atom stereocenters. The van der Waals surface area contributed by atoms with Gasteiger partial charge in [-0.05, 0) is 62.5 Å². The number of amides is 1. The molecule has 4 bridgehead atoms. The van der Waals surface area contributed by atoms with E-state index in [0.717, 1.165) is 37.2 Å². The molecule has 5 aliphatic rings. The molecule has 0 radical (unpaired) electrons. The molecule has 1 aromatic rings. The molecule has 1 aliphatic heterocycles. The fraction of sp³-hybridized carbons (Fsp3) is 0.650. The van der Waals surface area contributed by atoms with Crippen LogP contribution in [-0.4, -0.2) is 35.9 Å². The summed E-state index contributed by atoms with van der Waals surface area (Å²) in [6.07, 6.45) is 5.28. The first-order chi connectivity index (χ1) is 12.0. The van der Waals surface area contributed by atoms with Gasteiger partial charge in [-0.25, -0.2) is 0 Å². The van der Waals surface area contributed by atoms with Crippen LogP contribution in [0.15, 0.2) is 24.3 Å². The Balaban J connectivity index is 1.24. The van der Waals surface area contributed by atoms with Crippen LogP contribution in [0.25, 0.3) is 0 Å². The molecule has 1 heterocycles. The van der Waals surface area contributed by atoms with Crippen LogP contribution in [0, 0.1) is 17.3 Å². The molecule has 5 nitrogen and oxygen atoms in total. The summed E-state index contributed by atoms with van der Waals surface area (Å²) in [4.78, 5) is 13.0. The normalized spacial score (nSPS) is 40.8. The van der Waals surface area contributed by atoms with Crippen LogP contribution < -0.4 is 14.8 Å². The fourth-order valence-electron chi connectivity index (χ4n) is 6.04. The largest absolute Gasteiger partial charge is 0.486 e. The third-order valence-electron chi connectivity index (χ3n) is 6.57. The summed E-state index contributed by atoms with van der Waals surface area (Å²) in [7, 11) is 0. The summed E-state index contributed by atoms with van der Waals surface area (Å²) >= 11 is 0. The second kappa shape index (κ2) is 5.37. The van der Waals surface area contributed by atoms with Crippen molar-refractivity contribution >= 4 is 5.91 Å². The first-order valence-corrected chi connectivity index (χ1v) is 9.43. The van der Waals surface area contributed by atoms with Crippen LogP contribution in [0.4, 0.5) is 0 Å². The number of hydrogen-bond donors (Lipinski definition) is 2. The molecule has 4 fully saturated rings. The molecule has 3 unspecified atom stereocenters. The zero-order valence-electron chi connectivity index (χ0n) is 14.4. The summed E-state index contributed by atoms with van der Waals surface area (Å²) in [5.74, 6) is 2.62. The lowest BCUT2D eigenvalue weighted by molar-refractivity contribution is -0.178. The number of aliphatic hydroxyl groups is 1. The van der Waals surface area contributed by atoms with Crippen molar-refractivity contribution in [3.63, 3.8) is 0 Å². The minimum Gasteiger partial charge on any atom is -0.486 e. The number of ether oxygens (including phenoxy) is 2. The molecule has 4 aliphatic carbocycles. The molecule has 134 valence electrons. The number of carbonyl (C=O) groups excluding carboxylic acids is 1. The summed E-state index contributed by atoms with van der Waals surface area (Å²) < 4.78 is 11.6. The van der Waals surface area contributed by atoms with E-state index in [1.54, 1.807) is 0 Å². The molecular formula is C20H25NO4. The topological polar surface area (TPSA) is 67.8 Å². The summed E-state index contributed by atoms with van der Waals surface area (Å²) in [6, 6.07) is 7.61. The molecular weight excluding hydrogens is 318 g/mol. The van der Waals surface area contributed by atoms with Gasteiger partial charge in [-0.15, -0.1) is 0 Å². The van der Waals surface area contributed by atoms with Gasteiger partial charge in [0.2, 0.25) is 5.91 Å². The van der Waals surface area contributed by atoms with Gasteiger partial charge >= 0.3 is 0 Å². The zero-order chi connectivity index (χ0) is 17.1. The highest BCUT2D eigenvalue weighted by Gasteiger charge is 2.60. The number of fused-ring (bicyclic) bond motifs is 1. The van der Waals surface area contributed by atoms with Gasteiger partial charge in [0.15, 0.2) is 11.5 Å². The van der Waals surface area contributed by atoms with Crippen LogP contribution >= 0.6 is 0 Å². The van der Waals surface area contributed by atoms with Crippen molar-refractivity contribution in [2.24, 2.45) is 17.3 Å². The van der Waals surface area contributed by atoms with E-state index in [-0.39, 0.29) is 17.4 Å². The van der Waals surface area contributed by atoms with Gasteiger partial charge in [0.25, 0.3) is 0 Å². The van der Waals surface area contributed by atoms with Crippen molar-refractivity contribution in [1.82, 2.24) is 5.32 Å². The molecule has 0 spiro atoms. The predicted molar refractivity (Wildman–Crippen MR) is 91.4 cm³/mol. The third kappa shape index (κ3) is 2.60. The minimum atomic E-state index is -0.606. The van der Waals surface area contributed by atoms with E-state index in [1.807, 2.05) is 24.3 Å². The van der Waals surface area contributed by atoms with Crippen LogP contribution in [-0.2, 0) is 4.79 Å². The first kappa shape index (κ1) is 15.5. The standard InChI is InChI=1S/C20H25NO4/c22-18(19-6-13-5-14(7-19)9-20(23,8-13)12-19)21-10-15-11-24-16-3-1-2-4-17(16)25-15/h1-4,13-15,23H,5-12H2,(H,21,22). The lowest BCUT2D eigenvalue weighted by Crippen LogP contribution is -2.60. The van der Waals surface area contributed by atoms with Crippen LogP contribution in [0.1, 0.15) is 38.5 Å². The minimum absolute atomic E-state index is 0.0995. The average Bonchev–Trinajstić information content (AvgIpc) is 2.57. The molecule has 6 rings (SSSR count). The van der Waals surface area contributed by atoms with Gasteiger partial charge < -0.3 is 19.9 Å². The van der Waals surface area contributed by atoms with Gasteiger partial charge in [-0.3, -0.25) is 4.79 Å². The van der Waals surface area contributed by atoms with E-state index >= 15 is 0 Å². The molecule has 1 amide bonds. The highest BCUT2D eigenvalue weighted by atomic mass is 16.6. The molecule has 0 saturated heterocycles. The van der Waals surface area contributed by atoms with E-state index in [0.29, 0.717) is 31.4 Å². The molecule has 1 aromatic carbocycles. The van der Waals surface area contributed by atoms with Crippen molar-refractivity contribution in [3.8, 4) is 11.5 Å². The highest BCUT2D eigenvalue weighted by molar-refractivity contribution is 5.83. The van der Waals surface area contributed by atoms with Crippen molar-refractivity contribution < 1.29 is 19.4 Å². The quantitative estimate of drug-likeness (QED) is 0.883. The van der Waals surface area contributed by atoms with E-state index < -0.39 is 5.60 Å². The van der Waals surface area contributed by atoms with E-state index in [1.165, 1.54) is 6.42 Å². The van der Waals surface area contributed by atoms with E-state index in [9.17, 15) is 9.90 Å². The number of hydrogen-bond acceptors (Lipinski definition) is 4. The summed E-state index contributed by atoms with van der Waals surface area (Å²) in [5, 5.41) is 13.9. The first-order valence-electron chi connectivity index (χ1n) is 9.43. The van der Waals surface area contributed by atoms with Crippen LogP contribution in [0.5, 0.6) is 11.5 Å². The smallest absolute Gasteiger partial charge is 0.226 e. The monoisotopic (exact) mass is 343 g/mol. The Hall–Kier alpha value is -1.75. The lowest BCUT2D eigenvalue weighted by atomic mass is 9.47. The maximum absolute atomic E-state index is 13.0. The number of carbonyl (C=O) groups is 1. The van der Waals surface area contributed by atoms with Crippen LogP contribution in [0.2, 0.25) is 0 Å². The lowest BCUT2D eigenvalue weighted by Gasteiger charge is -2.59. The molecule has 25 heavy (non-hydrogen) atoms. The van der Waals surface area contributed by atoms with E-state index in [4.69, 9.17) is 9.47 Å². The van der Waals surface area contributed by atoms with Gasteiger partial charge in [-0.1, -0.05) is 12.1 Å². The van der Waals surface area contributed by atoms with Crippen molar-refractivity contribution in [2.45, 2.75) is 50.2 Å². The predicted octanol–water partition coefficient (Wildman–Crippen LogP) is 2.27. The number of para-hydroxylation sites is 2. The number of nitrogens with one attached hydrogen (secondary N) is 1. The zero-order valence-corrected chi connectivity index (χ0v) is 14.4. The van der Waals surface area contributed by atoms with Crippen molar-refractivity contribution in [2.75, 3.05) is 13.2 Å². The fourth-order valence-corrected chi connectivity index (χ4v) is 6.04. The molecule has 0 aromatic heterocycles. The average molecular weight is 343 g/mol. The SMILES string of the molecule is O=C(NCC1COc2ccccc2O1)C12CC3CC(CC(O)(C3)C1)C2. The Kier molecular flexibility index (Phi) is 3.33. The molecule has 4 saturated carbocycles. The Bertz CT molecular complexity index is 689.